The maximum Gasteiger partial charge on any atom is 0.335 e. The van der Waals surface area contributed by atoms with Gasteiger partial charge in [0, 0.05) is 73.2 Å². The van der Waals surface area contributed by atoms with Crippen LogP contribution < -0.4 is 0 Å². The van der Waals surface area contributed by atoms with Crippen molar-refractivity contribution >= 4 is 88.6 Å². The molecule has 2 aromatic heterocycles. The summed E-state index contributed by atoms with van der Waals surface area (Å²) < 4.78 is 2.17. The normalized spacial score (nSPS) is 21.5. The summed E-state index contributed by atoms with van der Waals surface area (Å²) in [6.07, 6.45) is 1.90. The third-order valence-electron chi connectivity index (χ3n) is 12.3. The molecule has 60 heavy (non-hydrogen) atoms. The van der Waals surface area contributed by atoms with Crippen molar-refractivity contribution in [3.8, 4) is 0 Å². The van der Waals surface area contributed by atoms with Crippen LogP contribution in [0.1, 0.15) is 49.9 Å². The highest BCUT2D eigenvalue weighted by atomic mass is 79.9. The van der Waals surface area contributed by atoms with Gasteiger partial charge >= 0.3 is 11.9 Å². The first-order chi connectivity index (χ1) is 28.6. The van der Waals surface area contributed by atoms with Gasteiger partial charge in [0.05, 0.1) is 21.0 Å². The van der Waals surface area contributed by atoms with Crippen molar-refractivity contribution in [3.63, 3.8) is 0 Å². The summed E-state index contributed by atoms with van der Waals surface area (Å²) in [5.41, 5.74) is 10.2. The molecule has 0 fully saturated rings. The van der Waals surface area contributed by atoms with E-state index in [4.69, 9.17) is 20.4 Å². The average Bonchev–Trinajstić information content (AvgIpc) is 3.74. The Hall–Kier alpha value is -4.32. The van der Waals surface area contributed by atoms with Crippen LogP contribution in [0.5, 0.6) is 0 Å². The topological polar surface area (TPSA) is 194 Å². The van der Waals surface area contributed by atoms with Crippen LogP contribution in [0.3, 0.4) is 0 Å². The van der Waals surface area contributed by atoms with Crippen molar-refractivity contribution in [2.45, 2.75) is 64.8 Å². The molecule has 16 heteroatoms. The fourth-order valence-corrected chi connectivity index (χ4v) is 10.3. The van der Waals surface area contributed by atoms with Crippen molar-refractivity contribution < 1.29 is 39.6 Å². The van der Waals surface area contributed by atoms with E-state index in [1.165, 1.54) is 55.2 Å². The molecule has 0 saturated carbocycles. The molecular weight excluding hydrogens is 900 g/mol. The van der Waals surface area contributed by atoms with Gasteiger partial charge in [-0.25, -0.2) is 9.59 Å². The summed E-state index contributed by atoms with van der Waals surface area (Å²) in [6, 6.07) is 13.5. The number of benzene rings is 2. The summed E-state index contributed by atoms with van der Waals surface area (Å²) in [5.74, 6) is -3.16. The van der Waals surface area contributed by atoms with Gasteiger partial charge in [-0.1, -0.05) is 36.4 Å². The second-order valence-electron chi connectivity index (χ2n) is 15.7. The molecule has 2 aliphatic heterocycles. The highest BCUT2D eigenvalue weighted by molar-refractivity contribution is 9.10. The first-order valence-electron chi connectivity index (χ1n) is 20.4. The van der Waals surface area contributed by atoms with Gasteiger partial charge in [0.15, 0.2) is 12.2 Å². The predicted octanol–water partition coefficient (Wildman–Crippen LogP) is 5.21. The average molecular weight is 955 g/mol. The van der Waals surface area contributed by atoms with Crippen LogP contribution in [0.25, 0.3) is 33.0 Å². The lowest BCUT2D eigenvalue weighted by atomic mass is 9.79. The number of carbonyl (C=O) groups is 4. The lowest BCUT2D eigenvalue weighted by Crippen LogP contribution is -2.47. The van der Waals surface area contributed by atoms with Gasteiger partial charge in [-0.15, -0.1) is 0 Å². The largest absolute Gasteiger partial charge is 0.479 e. The first-order valence-corrected chi connectivity index (χ1v) is 22.0. The van der Waals surface area contributed by atoms with Crippen LogP contribution in [-0.2, 0) is 32.0 Å². The van der Waals surface area contributed by atoms with E-state index in [-0.39, 0.29) is 23.7 Å². The Morgan fingerprint density at radius 1 is 0.667 bits per heavy atom. The lowest BCUT2D eigenvalue weighted by molar-refractivity contribution is -0.165. The highest BCUT2D eigenvalue weighted by Gasteiger charge is 2.39. The van der Waals surface area contributed by atoms with E-state index in [1.807, 2.05) is 9.80 Å². The third-order valence-corrected chi connectivity index (χ3v) is 13.6. The zero-order chi connectivity index (χ0) is 43.7. The van der Waals surface area contributed by atoms with Gasteiger partial charge in [0.25, 0.3) is 0 Å². The van der Waals surface area contributed by atoms with Crippen molar-refractivity contribution in [1.82, 2.24) is 29.6 Å². The van der Waals surface area contributed by atoms with Gasteiger partial charge in [-0.05, 0) is 132 Å². The molecule has 4 heterocycles. The quantitative estimate of drug-likeness (QED) is 0.130. The number of aromatic nitrogens is 2. The number of likely N-dealkylation sites (N-methyl/N-ethyl adjacent to an activating group) is 2. The SMILES string of the molecule is CCN(CC)C(=O)[C@@H]1C=C2c3cccc4[nH]c(Br)c(c34)C[C@H]2N(C)C1.CCN(CC)C(=O)[C@@H]1C=C2c3cccc4[nH]c(Br)c(c34)C[C@H]2N(C)C1.O=C(O)C(O)C(O)C(=O)O. The lowest BCUT2D eigenvalue weighted by Gasteiger charge is -2.40. The van der Waals surface area contributed by atoms with Gasteiger partial charge in [-0.3, -0.25) is 19.4 Å². The summed E-state index contributed by atoms with van der Waals surface area (Å²) in [5, 5.41) is 35.1. The van der Waals surface area contributed by atoms with Gasteiger partial charge < -0.3 is 40.2 Å². The van der Waals surface area contributed by atoms with E-state index in [9.17, 15) is 19.2 Å². The monoisotopic (exact) mass is 952 g/mol. The van der Waals surface area contributed by atoms with Crippen LogP contribution in [-0.4, -0.2) is 151 Å². The number of nitrogens with zero attached hydrogens (tertiary/aromatic N) is 4. The third kappa shape index (κ3) is 8.59. The van der Waals surface area contributed by atoms with Crippen molar-refractivity contribution in [2.75, 3.05) is 53.4 Å². The number of carbonyl (C=O) groups excluding carboxylic acids is 2. The Morgan fingerprint density at radius 3 is 1.33 bits per heavy atom. The molecule has 2 aliphatic carbocycles. The number of aliphatic hydroxyl groups excluding tert-OH is 2. The van der Waals surface area contributed by atoms with Crippen molar-refractivity contribution in [1.29, 1.82) is 0 Å². The molecule has 6 N–H and O–H groups in total. The summed E-state index contributed by atoms with van der Waals surface area (Å²) in [4.78, 5) is 60.9. The number of carboxylic acid groups (broad SMARTS) is 2. The highest BCUT2D eigenvalue weighted by Crippen LogP contribution is 2.45. The number of hydrogen-bond acceptors (Lipinski definition) is 8. The number of fused-ring (bicyclic) bond motifs is 4. The molecular formula is C44H54Br2N6O8. The predicted molar refractivity (Wildman–Crippen MR) is 238 cm³/mol. The number of carboxylic acids is 2. The molecule has 0 saturated heterocycles. The molecule has 0 radical (unpaired) electrons. The number of amides is 2. The standard InChI is InChI=1S/2C20H24BrN3O.C4H6O6/c2*1-4-24(5-2)20(25)12-9-14-13-7-6-8-16-18(13)15(19(21)22-16)10-17(14)23(3)11-12;5-1(3(7)8)2(6)4(9)10/h2*6-9,12,17,22H,4-5,10-11H2,1-3H3;1-2,5-6H,(H,7,8)(H,9,10)/t2*12-,17-;/m11./s1. The molecule has 322 valence electrons. The van der Waals surface area contributed by atoms with Gasteiger partial charge in [0.2, 0.25) is 11.8 Å². The van der Waals surface area contributed by atoms with Crippen LogP contribution in [0.2, 0.25) is 0 Å². The van der Waals surface area contributed by atoms with E-state index >= 15 is 0 Å². The fraction of sp³-hybridized carbons (Fsp3) is 0.455. The minimum absolute atomic E-state index is 0.0599. The van der Waals surface area contributed by atoms with E-state index in [0.29, 0.717) is 12.1 Å². The Morgan fingerprint density at radius 2 is 1.02 bits per heavy atom. The Labute approximate surface area is 366 Å². The molecule has 4 aliphatic rings. The van der Waals surface area contributed by atoms with Crippen molar-refractivity contribution in [2.24, 2.45) is 11.8 Å². The van der Waals surface area contributed by atoms with Gasteiger partial charge in [-0.2, -0.15) is 0 Å². The van der Waals surface area contributed by atoms with Crippen LogP contribution in [0.15, 0.2) is 57.8 Å². The number of aliphatic carboxylic acids is 2. The summed E-state index contributed by atoms with van der Waals surface area (Å²) in [6.45, 7) is 12.9. The number of nitrogens with one attached hydrogen (secondary N) is 2. The molecule has 2 aromatic carbocycles. The second-order valence-corrected chi connectivity index (χ2v) is 17.2. The van der Waals surface area contributed by atoms with Crippen molar-refractivity contribution in [3.05, 3.63) is 80.0 Å². The molecule has 0 spiro atoms. The Balaban J connectivity index is 0.000000165. The Kier molecular flexibility index (Phi) is 14.1. The van der Waals surface area contributed by atoms with Crippen LogP contribution in [0, 0.1) is 11.8 Å². The molecule has 2 amide bonds. The molecule has 14 nitrogen and oxygen atoms in total. The molecule has 4 aromatic rings. The fourth-order valence-electron chi connectivity index (χ4n) is 9.11. The minimum atomic E-state index is -2.27. The minimum Gasteiger partial charge on any atom is -0.479 e. The zero-order valence-corrected chi connectivity index (χ0v) is 37.9. The van der Waals surface area contributed by atoms with Gasteiger partial charge in [0.1, 0.15) is 0 Å². The summed E-state index contributed by atoms with van der Waals surface area (Å²) in [7, 11) is 4.29. The second kappa shape index (κ2) is 18.7. The van der Waals surface area contributed by atoms with E-state index in [2.05, 4.69) is 142 Å². The van der Waals surface area contributed by atoms with E-state index in [1.54, 1.807) is 0 Å². The Bertz CT molecular complexity index is 2180. The number of aromatic amines is 2. The number of rotatable bonds is 9. The number of aliphatic hydroxyl groups is 2. The molecule has 6 atom stereocenters. The number of halogens is 2. The summed E-state index contributed by atoms with van der Waals surface area (Å²) >= 11 is 7.39. The molecule has 8 rings (SSSR count). The van der Waals surface area contributed by atoms with E-state index in [0.717, 1.165) is 61.3 Å². The maximum absolute atomic E-state index is 12.9. The van der Waals surface area contributed by atoms with E-state index < -0.39 is 24.1 Å². The molecule has 2 unspecified atom stereocenters. The van der Waals surface area contributed by atoms with Crippen LogP contribution >= 0.6 is 31.9 Å². The smallest absolute Gasteiger partial charge is 0.335 e. The number of hydrogen-bond donors (Lipinski definition) is 6. The zero-order valence-electron chi connectivity index (χ0n) is 34.7. The molecule has 0 bridgehead atoms. The van der Waals surface area contributed by atoms with Crippen LogP contribution in [0.4, 0.5) is 0 Å². The number of H-pyrrole nitrogens is 2. The first kappa shape index (κ1) is 45.2. The maximum atomic E-state index is 12.9.